The van der Waals surface area contributed by atoms with Gasteiger partial charge in [-0.05, 0) is 23.3 Å². The first kappa shape index (κ1) is 20.0. The molecule has 3 fully saturated rings. The van der Waals surface area contributed by atoms with Crippen molar-refractivity contribution in [2.24, 2.45) is 0 Å². The van der Waals surface area contributed by atoms with Crippen LogP contribution in [0.15, 0.2) is 54.6 Å². The summed E-state index contributed by atoms with van der Waals surface area (Å²) in [5, 5.41) is 8.98. The van der Waals surface area contributed by atoms with E-state index in [1.807, 2.05) is 35.2 Å². The van der Waals surface area contributed by atoms with E-state index in [1.165, 1.54) is 11.1 Å². The summed E-state index contributed by atoms with van der Waals surface area (Å²) in [6.45, 7) is 6.11. The summed E-state index contributed by atoms with van der Waals surface area (Å²) >= 11 is 0. The van der Waals surface area contributed by atoms with Crippen molar-refractivity contribution in [2.45, 2.75) is 37.6 Å². The van der Waals surface area contributed by atoms with Crippen molar-refractivity contribution in [3.63, 3.8) is 0 Å². The predicted molar refractivity (Wildman–Crippen MR) is 117 cm³/mol. The number of benzene rings is 2. The fraction of sp³-hybridized carbons (Fsp3) is 0.440. The van der Waals surface area contributed by atoms with Crippen molar-refractivity contribution < 1.29 is 9.53 Å². The summed E-state index contributed by atoms with van der Waals surface area (Å²) in [7, 11) is 0. The molecule has 0 aromatic heterocycles. The molecule has 31 heavy (non-hydrogen) atoms. The Labute approximate surface area is 183 Å². The maximum Gasteiger partial charge on any atom is 0.410 e. The Bertz CT molecular complexity index is 961. The molecule has 6 nitrogen and oxygen atoms in total. The molecule has 3 aliphatic rings. The zero-order chi connectivity index (χ0) is 21.3. The SMILES string of the molecule is N#Cc1ccc(CN2CCC3(CC2)OC(=O)N2CCN(Cc4ccccc4)CC23)cc1. The van der Waals surface area contributed by atoms with E-state index in [0.29, 0.717) is 5.56 Å². The highest BCUT2D eigenvalue weighted by atomic mass is 16.6. The van der Waals surface area contributed by atoms with E-state index in [4.69, 9.17) is 10.00 Å². The first-order chi connectivity index (χ1) is 15.1. The maximum atomic E-state index is 12.6. The number of piperidine rings is 1. The molecule has 3 heterocycles. The van der Waals surface area contributed by atoms with Crippen LogP contribution in [0, 0.1) is 11.3 Å². The molecular formula is C25H28N4O2. The van der Waals surface area contributed by atoms with Gasteiger partial charge in [-0.2, -0.15) is 5.26 Å². The van der Waals surface area contributed by atoms with Crippen LogP contribution in [-0.2, 0) is 17.8 Å². The number of nitriles is 1. The van der Waals surface area contributed by atoms with Crippen molar-refractivity contribution >= 4 is 6.09 Å². The van der Waals surface area contributed by atoms with E-state index in [0.717, 1.165) is 58.7 Å². The Hall–Kier alpha value is -2.88. The molecule has 2 aromatic rings. The van der Waals surface area contributed by atoms with E-state index < -0.39 is 0 Å². The van der Waals surface area contributed by atoms with Crippen molar-refractivity contribution in [1.29, 1.82) is 5.26 Å². The summed E-state index contributed by atoms with van der Waals surface area (Å²) in [5.74, 6) is 0. The van der Waals surface area contributed by atoms with Gasteiger partial charge in [-0.3, -0.25) is 14.7 Å². The van der Waals surface area contributed by atoms with Gasteiger partial charge in [-0.25, -0.2) is 4.79 Å². The molecule has 3 saturated heterocycles. The summed E-state index contributed by atoms with van der Waals surface area (Å²) in [4.78, 5) is 19.5. The van der Waals surface area contributed by atoms with E-state index in [9.17, 15) is 4.79 Å². The lowest BCUT2D eigenvalue weighted by Gasteiger charge is -2.45. The lowest BCUT2D eigenvalue weighted by Crippen LogP contribution is -2.60. The second-order valence-corrected chi connectivity index (χ2v) is 8.95. The van der Waals surface area contributed by atoms with Crippen LogP contribution in [0.4, 0.5) is 4.79 Å². The van der Waals surface area contributed by atoms with Gasteiger partial charge in [-0.15, -0.1) is 0 Å². The number of carbonyl (C=O) groups is 1. The first-order valence-corrected chi connectivity index (χ1v) is 11.1. The quantitative estimate of drug-likeness (QED) is 0.766. The number of likely N-dealkylation sites (tertiary alicyclic amines) is 1. The molecule has 0 saturated carbocycles. The number of hydrogen-bond acceptors (Lipinski definition) is 5. The number of carbonyl (C=O) groups excluding carboxylic acids is 1. The zero-order valence-corrected chi connectivity index (χ0v) is 17.7. The normalized spacial score (nSPS) is 23.4. The van der Waals surface area contributed by atoms with Crippen molar-refractivity contribution in [3.8, 4) is 6.07 Å². The highest BCUT2D eigenvalue weighted by Gasteiger charge is 2.56. The molecule has 160 valence electrons. The lowest BCUT2D eigenvalue weighted by atomic mass is 9.83. The van der Waals surface area contributed by atoms with E-state index in [1.54, 1.807) is 0 Å². The third kappa shape index (κ3) is 4.04. The maximum absolute atomic E-state index is 12.6. The zero-order valence-electron chi connectivity index (χ0n) is 17.7. The topological polar surface area (TPSA) is 59.8 Å². The van der Waals surface area contributed by atoms with Crippen LogP contribution in [0.5, 0.6) is 0 Å². The number of amides is 1. The minimum Gasteiger partial charge on any atom is -0.440 e. The molecule has 0 bridgehead atoms. The Balaban J connectivity index is 1.23. The molecule has 6 heteroatoms. The highest BCUT2D eigenvalue weighted by molar-refractivity contribution is 5.72. The number of piperazine rings is 1. The molecule has 1 unspecified atom stereocenters. The molecule has 1 atom stereocenters. The van der Waals surface area contributed by atoms with Gasteiger partial charge in [0.2, 0.25) is 0 Å². The Kier molecular flexibility index (Phi) is 5.39. The van der Waals surface area contributed by atoms with Crippen LogP contribution in [0.3, 0.4) is 0 Å². The van der Waals surface area contributed by atoms with Gasteiger partial charge in [0, 0.05) is 58.7 Å². The minimum atomic E-state index is -0.367. The molecule has 3 aliphatic heterocycles. The average molecular weight is 417 g/mol. The third-order valence-electron chi connectivity index (χ3n) is 7.04. The summed E-state index contributed by atoms with van der Waals surface area (Å²) in [6.07, 6.45) is 1.61. The predicted octanol–water partition coefficient (Wildman–Crippen LogP) is 3.23. The van der Waals surface area contributed by atoms with Crippen LogP contribution < -0.4 is 0 Å². The number of hydrogen-bond donors (Lipinski definition) is 0. The molecule has 1 amide bonds. The molecule has 5 rings (SSSR count). The highest BCUT2D eigenvalue weighted by Crippen LogP contribution is 2.40. The standard InChI is InChI=1S/C25H28N4O2/c26-16-20-6-8-22(9-7-20)17-27-12-10-25(11-13-27)23-19-28(14-15-29(23)24(30)31-25)18-21-4-2-1-3-5-21/h1-9,23H,10-15,17-19H2. The van der Waals surface area contributed by atoms with Crippen LogP contribution in [0.2, 0.25) is 0 Å². The Morgan fingerprint density at radius 1 is 0.903 bits per heavy atom. The molecular weight excluding hydrogens is 388 g/mol. The number of fused-ring (bicyclic) bond motifs is 2. The molecule has 0 aliphatic carbocycles. The van der Waals surface area contributed by atoms with Crippen molar-refractivity contribution in [3.05, 3.63) is 71.3 Å². The van der Waals surface area contributed by atoms with Crippen molar-refractivity contribution in [2.75, 3.05) is 32.7 Å². The minimum absolute atomic E-state index is 0.134. The smallest absolute Gasteiger partial charge is 0.410 e. The van der Waals surface area contributed by atoms with Crippen LogP contribution in [-0.4, -0.2) is 65.2 Å². The van der Waals surface area contributed by atoms with Crippen LogP contribution >= 0.6 is 0 Å². The Morgan fingerprint density at radius 3 is 2.29 bits per heavy atom. The van der Waals surface area contributed by atoms with Gasteiger partial charge in [0.25, 0.3) is 0 Å². The van der Waals surface area contributed by atoms with Gasteiger partial charge < -0.3 is 4.74 Å². The van der Waals surface area contributed by atoms with E-state index in [2.05, 4.69) is 40.1 Å². The average Bonchev–Trinajstić information content (AvgIpc) is 3.07. The number of ether oxygens (including phenoxy) is 1. The van der Waals surface area contributed by atoms with Gasteiger partial charge in [-0.1, -0.05) is 42.5 Å². The van der Waals surface area contributed by atoms with Crippen molar-refractivity contribution in [1.82, 2.24) is 14.7 Å². The van der Waals surface area contributed by atoms with Gasteiger partial charge >= 0.3 is 6.09 Å². The molecule has 0 radical (unpaired) electrons. The fourth-order valence-electron chi connectivity index (χ4n) is 5.26. The fourth-order valence-corrected chi connectivity index (χ4v) is 5.26. The van der Waals surface area contributed by atoms with E-state index >= 15 is 0 Å². The third-order valence-corrected chi connectivity index (χ3v) is 7.04. The summed E-state index contributed by atoms with van der Waals surface area (Å²) in [5.41, 5.74) is 2.85. The first-order valence-electron chi connectivity index (χ1n) is 11.1. The molecule has 0 N–H and O–H groups in total. The number of nitrogens with zero attached hydrogens (tertiary/aromatic N) is 4. The van der Waals surface area contributed by atoms with E-state index in [-0.39, 0.29) is 17.7 Å². The molecule has 2 aromatic carbocycles. The number of rotatable bonds is 4. The summed E-state index contributed by atoms with van der Waals surface area (Å²) < 4.78 is 6.06. The Morgan fingerprint density at radius 2 is 1.58 bits per heavy atom. The van der Waals surface area contributed by atoms with Crippen LogP contribution in [0.25, 0.3) is 0 Å². The lowest BCUT2D eigenvalue weighted by molar-refractivity contribution is -0.0368. The molecule has 1 spiro atoms. The second-order valence-electron chi connectivity index (χ2n) is 8.95. The summed E-state index contributed by atoms with van der Waals surface area (Å²) in [6, 6.07) is 20.7. The monoisotopic (exact) mass is 416 g/mol. The largest absolute Gasteiger partial charge is 0.440 e. The second kappa shape index (κ2) is 8.33. The van der Waals surface area contributed by atoms with Crippen LogP contribution in [0.1, 0.15) is 29.5 Å². The van der Waals surface area contributed by atoms with Gasteiger partial charge in [0.1, 0.15) is 5.60 Å². The van der Waals surface area contributed by atoms with Gasteiger partial charge in [0.15, 0.2) is 0 Å². The van der Waals surface area contributed by atoms with Gasteiger partial charge in [0.05, 0.1) is 17.7 Å².